The van der Waals surface area contributed by atoms with E-state index in [0.717, 1.165) is 0 Å². The molecule has 0 saturated carbocycles. The average molecular weight is 463 g/mol. The lowest BCUT2D eigenvalue weighted by Gasteiger charge is -2.17. The number of hydrogen-bond acceptors (Lipinski definition) is 7. The van der Waals surface area contributed by atoms with Crippen LogP contribution in [0.1, 0.15) is 32.7 Å². The van der Waals surface area contributed by atoms with Crippen LogP contribution in [0.4, 0.5) is 17.2 Å². The van der Waals surface area contributed by atoms with E-state index < -0.39 is 12.0 Å². The Kier molecular flexibility index (Phi) is 6.08. The van der Waals surface area contributed by atoms with Crippen molar-refractivity contribution in [2.45, 2.75) is 19.4 Å². The number of β-amino-alcohol motifs (C(OH)–C–C–N with tert-alkyl or cyclic N) is 1. The summed E-state index contributed by atoms with van der Waals surface area (Å²) in [5.41, 5.74) is 14.5. The van der Waals surface area contributed by atoms with Gasteiger partial charge in [0.05, 0.1) is 17.4 Å². The summed E-state index contributed by atoms with van der Waals surface area (Å²) >= 11 is 0. The van der Waals surface area contributed by atoms with Gasteiger partial charge in [-0.25, -0.2) is 4.98 Å². The Balaban J connectivity index is 1.65. The number of aliphatic hydroxyl groups excluding tert-OH is 1. The second-order valence-electron chi connectivity index (χ2n) is 8.35. The second-order valence-corrected chi connectivity index (χ2v) is 8.35. The molecule has 176 valence electrons. The Bertz CT molecular complexity index is 1350. The maximum absolute atomic E-state index is 12.7. The molecule has 4 rings (SSSR count). The molecule has 2 amide bonds. The van der Waals surface area contributed by atoms with Gasteiger partial charge < -0.3 is 31.4 Å². The Morgan fingerprint density at radius 1 is 1.21 bits per heavy atom. The molecule has 2 aromatic carbocycles. The number of nitrogens with one attached hydrogen (secondary N) is 1. The fourth-order valence-electron chi connectivity index (χ4n) is 4.07. The average Bonchev–Trinajstić information content (AvgIpc) is 3.22. The van der Waals surface area contributed by atoms with Crippen molar-refractivity contribution >= 4 is 29.0 Å². The first kappa shape index (κ1) is 23.0. The Labute approximate surface area is 195 Å². The van der Waals surface area contributed by atoms with Gasteiger partial charge in [0.25, 0.3) is 11.5 Å². The number of nitrogens with two attached hydrogens (primary N) is 2. The Hall–Kier alpha value is -4.18. The van der Waals surface area contributed by atoms with E-state index in [9.17, 15) is 19.5 Å². The summed E-state index contributed by atoms with van der Waals surface area (Å²) in [6, 6.07) is 9.93. The van der Waals surface area contributed by atoms with Gasteiger partial charge in [0.15, 0.2) is 5.82 Å². The van der Waals surface area contributed by atoms with Crippen molar-refractivity contribution in [2.24, 2.45) is 12.8 Å². The molecule has 1 aliphatic rings. The number of anilines is 3. The number of likely N-dealkylation sites (tertiary alicyclic amines) is 1. The lowest BCUT2D eigenvalue weighted by atomic mass is 10.00. The van der Waals surface area contributed by atoms with Crippen LogP contribution in [-0.2, 0) is 7.05 Å². The highest BCUT2D eigenvalue weighted by Crippen LogP contribution is 2.26. The minimum Gasteiger partial charge on any atom is -0.398 e. The van der Waals surface area contributed by atoms with E-state index in [1.54, 1.807) is 61.5 Å². The zero-order chi connectivity index (χ0) is 24.6. The van der Waals surface area contributed by atoms with Crippen molar-refractivity contribution in [3.8, 4) is 11.3 Å². The SMILES string of the molecule is Cc1c(C(N)=O)cccc1-c1cn(C)c(=O)c(Nc2ccc(C(=O)N3CCC(O)C3)c(N)c2)n1. The van der Waals surface area contributed by atoms with Crippen molar-refractivity contribution in [2.75, 3.05) is 24.1 Å². The number of rotatable bonds is 5. The minimum absolute atomic E-state index is 0.0602. The van der Waals surface area contributed by atoms with Crippen LogP contribution in [0.15, 0.2) is 47.4 Å². The number of nitrogens with zero attached hydrogens (tertiary/aromatic N) is 3. The van der Waals surface area contributed by atoms with Gasteiger partial charge in [-0.05, 0) is 43.2 Å². The number of benzene rings is 2. The van der Waals surface area contributed by atoms with Crippen LogP contribution in [0.25, 0.3) is 11.3 Å². The molecule has 1 unspecified atom stereocenters. The van der Waals surface area contributed by atoms with Crippen LogP contribution in [0, 0.1) is 6.92 Å². The molecule has 0 bridgehead atoms. The zero-order valence-electron chi connectivity index (χ0n) is 18.9. The van der Waals surface area contributed by atoms with Crippen molar-refractivity contribution in [3.05, 3.63) is 69.6 Å². The highest BCUT2D eigenvalue weighted by molar-refractivity contribution is 6.00. The molecule has 0 spiro atoms. The summed E-state index contributed by atoms with van der Waals surface area (Å²) in [7, 11) is 1.60. The lowest BCUT2D eigenvalue weighted by molar-refractivity contribution is 0.0766. The fourth-order valence-corrected chi connectivity index (χ4v) is 4.07. The van der Waals surface area contributed by atoms with Crippen molar-refractivity contribution < 1.29 is 14.7 Å². The smallest absolute Gasteiger partial charge is 0.293 e. The monoisotopic (exact) mass is 462 g/mol. The first-order chi connectivity index (χ1) is 16.2. The number of nitrogen functional groups attached to an aromatic ring is 1. The van der Waals surface area contributed by atoms with Crippen LogP contribution in [0.2, 0.25) is 0 Å². The number of aromatic nitrogens is 2. The van der Waals surface area contributed by atoms with Crippen LogP contribution < -0.4 is 22.3 Å². The predicted octanol–water partition coefficient (Wildman–Crippen LogP) is 1.39. The maximum Gasteiger partial charge on any atom is 0.293 e. The number of carbonyl (C=O) groups is 2. The molecule has 1 aromatic heterocycles. The molecule has 6 N–H and O–H groups in total. The van der Waals surface area contributed by atoms with Crippen LogP contribution in [-0.4, -0.2) is 50.6 Å². The Morgan fingerprint density at radius 3 is 2.62 bits per heavy atom. The van der Waals surface area contributed by atoms with Gasteiger partial charge in [0.1, 0.15) is 0 Å². The van der Waals surface area contributed by atoms with Gasteiger partial charge in [-0.1, -0.05) is 12.1 Å². The first-order valence-electron chi connectivity index (χ1n) is 10.8. The third-order valence-corrected chi connectivity index (χ3v) is 5.94. The molecular weight excluding hydrogens is 436 g/mol. The predicted molar refractivity (Wildman–Crippen MR) is 129 cm³/mol. The Morgan fingerprint density at radius 2 is 1.97 bits per heavy atom. The third-order valence-electron chi connectivity index (χ3n) is 5.94. The molecule has 1 fully saturated rings. The van der Waals surface area contributed by atoms with E-state index in [1.807, 2.05) is 0 Å². The van der Waals surface area contributed by atoms with Gasteiger partial charge in [-0.2, -0.15) is 0 Å². The maximum atomic E-state index is 12.7. The van der Waals surface area contributed by atoms with E-state index >= 15 is 0 Å². The number of primary amides is 1. The lowest BCUT2D eigenvalue weighted by Crippen LogP contribution is -2.30. The van der Waals surface area contributed by atoms with Crippen molar-refractivity contribution in [1.82, 2.24) is 14.5 Å². The van der Waals surface area contributed by atoms with Crippen LogP contribution in [0.5, 0.6) is 0 Å². The normalized spacial score (nSPS) is 15.4. The van der Waals surface area contributed by atoms with E-state index in [1.165, 1.54) is 4.57 Å². The van der Waals surface area contributed by atoms with Gasteiger partial charge in [0, 0.05) is 48.8 Å². The minimum atomic E-state index is -0.545. The number of aryl methyl sites for hydroxylation is 1. The summed E-state index contributed by atoms with van der Waals surface area (Å²) in [5, 5.41) is 12.7. The highest BCUT2D eigenvalue weighted by atomic mass is 16.3. The molecule has 1 atom stereocenters. The molecule has 10 heteroatoms. The van der Waals surface area contributed by atoms with Crippen LogP contribution in [0.3, 0.4) is 0 Å². The number of aliphatic hydroxyl groups is 1. The van der Waals surface area contributed by atoms with Gasteiger partial charge in [-0.15, -0.1) is 0 Å². The zero-order valence-corrected chi connectivity index (χ0v) is 18.9. The third kappa shape index (κ3) is 4.35. The topological polar surface area (TPSA) is 157 Å². The molecule has 0 radical (unpaired) electrons. The largest absolute Gasteiger partial charge is 0.398 e. The summed E-state index contributed by atoms with van der Waals surface area (Å²) in [5.74, 6) is -0.734. The number of amides is 2. The standard InChI is InChI=1S/C24H26N6O4/c1-13-16(4-3-5-17(13)21(26)32)20-12-29(2)24(34)22(28-20)27-14-6-7-18(19(25)10-14)23(33)30-9-8-15(31)11-30/h3-7,10,12,15,31H,8-9,11,25H2,1-2H3,(H2,26,32)(H,27,28). The van der Waals surface area contributed by atoms with Crippen molar-refractivity contribution in [3.63, 3.8) is 0 Å². The first-order valence-corrected chi connectivity index (χ1v) is 10.8. The summed E-state index contributed by atoms with van der Waals surface area (Å²) in [6.45, 7) is 2.52. The molecule has 34 heavy (non-hydrogen) atoms. The van der Waals surface area contributed by atoms with Crippen LogP contribution >= 0.6 is 0 Å². The molecule has 1 aliphatic heterocycles. The van der Waals surface area contributed by atoms with Crippen molar-refractivity contribution in [1.29, 1.82) is 0 Å². The van der Waals surface area contributed by atoms with Gasteiger partial charge in [0.2, 0.25) is 5.91 Å². The molecule has 0 aliphatic carbocycles. The van der Waals surface area contributed by atoms with Gasteiger partial charge >= 0.3 is 0 Å². The summed E-state index contributed by atoms with van der Waals surface area (Å²) in [4.78, 5) is 43.2. The summed E-state index contributed by atoms with van der Waals surface area (Å²) < 4.78 is 1.39. The summed E-state index contributed by atoms with van der Waals surface area (Å²) in [6.07, 6.45) is 1.60. The van der Waals surface area contributed by atoms with E-state index in [2.05, 4.69) is 10.3 Å². The quantitative estimate of drug-likeness (QED) is 0.417. The molecule has 10 nitrogen and oxygen atoms in total. The molecular formula is C24H26N6O4. The van der Waals surface area contributed by atoms with Gasteiger partial charge in [-0.3, -0.25) is 14.4 Å². The van der Waals surface area contributed by atoms with E-state index in [0.29, 0.717) is 46.6 Å². The van der Waals surface area contributed by atoms with E-state index in [4.69, 9.17) is 11.5 Å². The highest BCUT2D eigenvalue weighted by Gasteiger charge is 2.26. The fraction of sp³-hybridized carbons (Fsp3) is 0.250. The molecule has 2 heterocycles. The number of hydrogen-bond donors (Lipinski definition) is 4. The molecule has 3 aromatic rings. The molecule has 1 saturated heterocycles. The van der Waals surface area contributed by atoms with E-state index in [-0.39, 0.29) is 29.5 Å². The second kappa shape index (κ2) is 8.99. The number of carbonyl (C=O) groups excluding carboxylic acids is 2.